The average Bonchev–Trinajstić information content (AvgIpc) is 2.70. The molecule has 17 heavy (non-hydrogen) atoms. The number of hydrogen-bond donors (Lipinski definition) is 1. The van der Waals surface area contributed by atoms with Crippen LogP contribution < -0.4 is 5.73 Å². The first kappa shape index (κ1) is 12.1. The maximum absolute atomic E-state index is 6.26. The van der Waals surface area contributed by atoms with E-state index in [0.717, 1.165) is 17.4 Å². The van der Waals surface area contributed by atoms with Gasteiger partial charge in [-0.1, -0.05) is 0 Å². The molecule has 0 bridgehead atoms. The first-order valence-corrected chi connectivity index (χ1v) is 8.32. The van der Waals surface area contributed by atoms with E-state index in [2.05, 4.69) is 32.3 Å². The Kier molecular flexibility index (Phi) is 3.50. The molecule has 0 radical (unpaired) electrons. The van der Waals surface area contributed by atoms with Gasteiger partial charge in [-0.05, 0) is 59.5 Å². The van der Waals surface area contributed by atoms with E-state index in [0.29, 0.717) is 5.92 Å². The second-order valence-corrected chi connectivity index (χ2v) is 6.90. The zero-order valence-electron chi connectivity index (χ0n) is 9.86. The fraction of sp³-hybridized carbons (Fsp3) is 0.750. The summed E-state index contributed by atoms with van der Waals surface area (Å²) in [5.74, 6) is 4.38. The lowest BCUT2D eigenvalue weighted by atomic mass is 10.0. The minimum absolute atomic E-state index is 0.141. The molecule has 2 aliphatic rings. The summed E-state index contributed by atoms with van der Waals surface area (Å²) in [6.45, 7) is 0. The molecule has 3 nitrogen and oxygen atoms in total. The zero-order valence-corrected chi connectivity index (χ0v) is 12.3. The van der Waals surface area contributed by atoms with Gasteiger partial charge in [0.05, 0.1) is 11.9 Å². The van der Waals surface area contributed by atoms with Gasteiger partial charge in [-0.2, -0.15) is 11.8 Å². The normalized spacial score (nSPS) is 25.9. The molecule has 0 aromatic carbocycles. The van der Waals surface area contributed by atoms with Crippen molar-refractivity contribution in [2.24, 2.45) is 5.73 Å². The molecule has 1 fully saturated rings. The third kappa shape index (κ3) is 2.17. The van der Waals surface area contributed by atoms with Gasteiger partial charge in [0, 0.05) is 5.92 Å². The predicted molar refractivity (Wildman–Crippen MR) is 75.4 cm³/mol. The van der Waals surface area contributed by atoms with Crippen molar-refractivity contribution in [2.45, 2.75) is 44.2 Å². The molecule has 1 aromatic rings. The summed E-state index contributed by atoms with van der Waals surface area (Å²) in [6, 6.07) is 0. The Hall–Kier alpha value is -0.000000000000000111. The molecule has 0 amide bonds. The van der Waals surface area contributed by atoms with Crippen LogP contribution in [-0.4, -0.2) is 21.1 Å². The Labute approximate surface area is 115 Å². The number of fused-ring (bicyclic) bond motifs is 1. The van der Waals surface area contributed by atoms with E-state index in [-0.39, 0.29) is 6.17 Å². The SMILES string of the molecule is NC1CCCc2c(Br)nc(C3CCSCC3)n21. The Morgan fingerprint density at radius 2 is 2.06 bits per heavy atom. The van der Waals surface area contributed by atoms with E-state index in [1.807, 2.05) is 0 Å². The van der Waals surface area contributed by atoms with Crippen molar-refractivity contribution in [1.82, 2.24) is 9.55 Å². The Morgan fingerprint density at radius 1 is 1.29 bits per heavy atom. The van der Waals surface area contributed by atoms with Crippen LogP contribution in [0.2, 0.25) is 0 Å². The van der Waals surface area contributed by atoms with Crippen molar-refractivity contribution >= 4 is 27.7 Å². The van der Waals surface area contributed by atoms with Crippen molar-refractivity contribution < 1.29 is 0 Å². The first-order chi connectivity index (χ1) is 8.27. The zero-order chi connectivity index (χ0) is 11.8. The van der Waals surface area contributed by atoms with Gasteiger partial charge in [-0.25, -0.2) is 4.98 Å². The Morgan fingerprint density at radius 3 is 2.82 bits per heavy atom. The highest BCUT2D eigenvalue weighted by Gasteiger charge is 2.28. The third-order valence-corrected chi connectivity index (χ3v) is 5.50. The van der Waals surface area contributed by atoms with E-state index in [9.17, 15) is 0 Å². The molecule has 1 saturated heterocycles. The maximum atomic E-state index is 6.26. The molecular formula is C12H18BrN3S. The lowest BCUT2D eigenvalue weighted by Crippen LogP contribution is -2.28. The van der Waals surface area contributed by atoms with E-state index < -0.39 is 0 Å². The first-order valence-electron chi connectivity index (χ1n) is 6.37. The van der Waals surface area contributed by atoms with Crippen LogP contribution in [0.3, 0.4) is 0 Å². The highest BCUT2D eigenvalue weighted by molar-refractivity contribution is 9.10. The van der Waals surface area contributed by atoms with E-state index in [4.69, 9.17) is 10.7 Å². The van der Waals surface area contributed by atoms with Gasteiger partial charge in [0.2, 0.25) is 0 Å². The molecular weight excluding hydrogens is 298 g/mol. The smallest absolute Gasteiger partial charge is 0.127 e. The van der Waals surface area contributed by atoms with Crippen molar-refractivity contribution in [2.75, 3.05) is 11.5 Å². The van der Waals surface area contributed by atoms with Crippen molar-refractivity contribution in [3.63, 3.8) is 0 Å². The van der Waals surface area contributed by atoms with Crippen LogP contribution in [0.15, 0.2) is 4.60 Å². The standard InChI is InChI=1S/C12H18BrN3S/c13-11-9-2-1-3-10(14)16(9)12(15-11)8-4-6-17-7-5-8/h8,10H,1-7,14H2. The van der Waals surface area contributed by atoms with Gasteiger partial charge in [0.1, 0.15) is 10.4 Å². The lowest BCUT2D eigenvalue weighted by Gasteiger charge is -2.28. The molecule has 0 aliphatic carbocycles. The fourth-order valence-electron chi connectivity index (χ4n) is 2.90. The molecule has 0 saturated carbocycles. The van der Waals surface area contributed by atoms with E-state index >= 15 is 0 Å². The summed E-state index contributed by atoms with van der Waals surface area (Å²) in [5.41, 5.74) is 7.58. The molecule has 3 heterocycles. The summed E-state index contributed by atoms with van der Waals surface area (Å²) in [4.78, 5) is 4.76. The van der Waals surface area contributed by atoms with Crippen LogP contribution in [-0.2, 0) is 6.42 Å². The van der Waals surface area contributed by atoms with Crippen molar-refractivity contribution in [3.05, 3.63) is 16.1 Å². The molecule has 5 heteroatoms. The van der Waals surface area contributed by atoms with Gasteiger partial charge in [0.25, 0.3) is 0 Å². The topological polar surface area (TPSA) is 43.8 Å². The largest absolute Gasteiger partial charge is 0.315 e. The summed E-state index contributed by atoms with van der Waals surface area (Å²) >= 11 is 5.66. The van der Waals surface area contributed by atoms with Gasteiger partial charge in [0.15, 0.2) is 0 Å². The van der Waals surface area contributed by atoms with Gasteiger partial charge in [-0.15, -0.1) is 0 Å². The van der Waals surface area contributed by atoms with Crippen LogP contribution in [0, 0.1) is 0 Å². The summed E-state index contributed by atoms with van der Waals surface area (Å²) in [5, 5.41) is 0. The maximum Gasteiger partial charge on any atom is 0.127 e. The molecule has 0 spiro atoms. The van der Waals surface area contributed by atoms with Crippen LogP contribution in [0.1, 0.15) is 49.3 Å². The molecule has 1 aromatic heterocycles. The van der Waals surface area contributed by atoms with Crippen LogP contribution in [0.4, 0.5) is 0 Å². The highest BCUT2D eigenvalue weighted by Crippen LogP contribution is 2.37. The molecule has 94 valence electrons. The number of thioether (sulfide) groups is 1. The number of nitrogens with zero attached hydrogens (tertiary/aromatic N) is 2. The fourth-order valence-corrected chi connectivity index (χ4v) is 4.58. The number of rotatable bonds is 1. The molecule has 1 unspecified atom stereocenters. The van der Waals surface area contributed by atoms with Gasteiger partial charge in [-0.3, -0.25) is 0 Å². The van der Waals surface area contributed by atoms with E-state index in [1.165, 1.54) is 42.3 Å². The Bertz CT molecular complexity index is 412. The third-order valence-electron chi connectivity index (χ3n) is 3.82. The molecule has 2 aliphatic heterocycles. The van der Waals surface area contributed by atoms with Crippen LogP contribution in [0.5, 0.6) is 0 Å². The second-order valence-electron chi connectivity index (χ2n) is 4.92. The quantitative estimate of drug-likeness (QED) is 0.866. The molecule has 3 rings (SSSR count). The molecule has 2 N–H and O–H groups in total. The summed E-state index contributed by atoms with van der Waals surface area (Å²) in [6.07, 6.45) is 6.03. The number of nitrogens with two attached hydrogens (primary N) is 1. The molecule has 1 atom stereocenters. The Balaban J connectivity index is 1.98. The monoisotopic (exact) mass is 315 g/mol. The van der Waals surface area contributed by atoms with Crippen LogP contribution in [0.25, 0.3) is 0 Å². The van der Waals surface area contributed by atoms with Gasteiger partial charge < -0.3 is 10.3 Å². The summed E-state index contributed by atoms with van der Waals surface area (Å²) in [7, 11) is 0. The average molecular weight is 316 g/mol. The van der Waals surface area contributed by atoms with Crippen molar-refractivity contribution in [1.29, 1.82) is 0 Å². The van der Waals surface area contributed by atoms with E-state index in [1.54, 1.807) is 0 Å². The summed E-state index contributed by atoms with van der Waals surface area (Å²) < 4.78 is 3.34. The predicted octanol–water partition coefficient (Wildman–Crippen LogP) is 3.05. The minimum atomic E-state index is 0.141. The number of halogens is 1. The second kappa shape index (κ2) is 4.94. The highest BCUT2D eigenvalue weighted by atomic mass is 79.9. The minimum Gasteiger partial charge on any atom is -0.315 e. The number of aromatic nitrogens is 2. The lowest BCUT2D eigenvalue weighted by molar-refractivity contribution is 0.386. The number of imidazole rings is 1. The van der Waals surface area contributed by atoms with Gasteiger partial charge >= 0.3 is 0 Å². The van der Waals surface area contributed by atoms with Crippen molar-refractivity contribution in [3.8, 4) is 0 Å². The van der Waals surface area contributed by atoms with Crippen LogP contribution >= 0.6 is 27.7 Å². The number of hydrogen-bond acceptors (Lipinski definition) is 3.